The van der Waals surface area contributed by atoms with Gasteiger partial charge in [0.2, 0.25) is 0 Å². The molecule has 1 atom stereocenters. The first-order chi connectivity index (χ1) is 13.8. The van der Waals surface area contributed by atoms with Crippen molar-refractivity contribution >= 4 is 29.9 Å². The Morgan fingerprint density at radius 3 is 2.55 bits per heavy atom. The van der Waals surface area contributed by atoms with Crippen LogP contribution in [0.1, 0.15) is 30.9 Å². The van der Waals surface area contributed by atoms with Gasteiger partial charge in [0, 0.05) is 39.1 Å². The number of guanidine groups is 1. The van der Waals surface area contributed by atoms with Gasteiger partial charge in [0.25, 0.3) is 0 Å². The van der Waals surface area contributed by atoms with Crippen LogP contribution in [0.25, 0.3) is 0 Å². The molecule has 1 aliphatic rings. The van der Waals surface area contributed by atoms with Gasteiger partial charge in [-0.05, 0) is 43.6 Å². The van der Waals surface area contributed by atoms with Gasteiger partial charge in [-0.2, -0.15) is 0 Å². The minimum Gasteiger partial charge on any atom is -0.497 e. The Kier molecular flexibility index (Phi) is 10.3. The van der Waals surface area contributed by atoms with Gasteiger partial charge in [0.05, 0.1) is 19.5 Å². The lowest BCUT2D eigenvalue weighted by molar-refractivity contribution is 0.164. The summed E-state index contributed by atoms with van der Waals surface area (Å²) in [6.07, 6.45) is 9.46. The molecule has 1 saturated heterocycles. The number of aromatic nitrogens is 2. The Morgan fingerprint density at radius 1 is 1.17 bits per heavy atom. The van der Waals surface area contributed by atoms with E-state index in [1.54, 1.807) is 13.3 Å². The number of rotatable bonds is 8. The maximum Gasteiger partial charge on any atom is 0.191 e. The third-order valence-electron chi connectivity index (χ3n) is 5.24. The SMILES string of the molecule is CN=C(NCCn1ccnc1)NCC(c1ccc(OC)cc1)N1CCCCC1.I. The maximum absolute atomic E-state index is 5.32. The Balaban J connectivity index is 0.00000300. The van der Waals surface area contributed by atoms with E-state index in [0.717, 1.165) is 44.4 Å². The van der Waals surface area contributed by atoms with E-state index in [0.29, 0.717) is 6.04 Å². The molecule has 0 aliphatic carbocycles. The highest BCUT2D eigenvalue weighted by Crippen LogP contribution is 2.25. The number of methoxy groups -OCH3 is 1. The van der Waals surface area contributed by atoms with Gasteiger partial charge in [-0.1, -0.05) is 18.6 Å². The van der Waals surface area contributed by atoms with Crippen LogP contribution in [0, 0.1) is 0 Å². The number of likely N-dealkylation sites (tertiary alicyclic amines) is 1. The highest BCUT2D eigenvalue weighted by atomic mass is 127. The summed E-state index contributed by atoms with van der Waals surface area (Å²) in [4.78, 5) is 11.0. The summed E-state index contributed by atoms with van der Waals surface area (Å²) in [7, 11) is 3.52. The molecule has 1 unspecified atom stereocenters. The summed E-state index contributed by atoms with van der Waals surface area (Å²) < 4.78 is 7.37. The van der Waals surface area contributed by atoms with Gasteiger partial charge in [-0.15, -0.1) is 24.0 Å². The van der Waals surface area contributed by atoms with E-state index in [-0.39, 0.29) is 24.0 Å². The Morgan fingerprint density at radius 2 is 1.93 bits per heavy atom. The lowest BCUT2D eigenvalue weighted by atomic mass is 10.0. The Hall–Kier alpha value is -1.81. The summed E-state index contributed by atoms with van der Waals surface area (Å²) in [6.45, 7) is 4.76. The van der Waals surface area contributed by atoms with Crippen LogP contribution in [0.4, 0.5) is 0 Å². The molecule has 2 N–H and O–H groups in total. The van der Waals surface area contributed by atoms with Crippen LogP contribution in [-0.4, -0.2) is 60.7 Å². The van der Waals surface area contributed by atoms with E-state index < -0.39 is 0 Å². The number of halogens is 1. The molecule has 160 valence electrons. The van der Waals surface area contributed by atoms with Crippen molar-refractivity contribution in [2.24, 2.45) is 4.99 Å². The summed E-state index contributed by atoms with van der Waals surface area (Å²) in [5, 5.41) is 6.90. The van der Waals surface area contributed by atoms with Crippen LogP contribution < -0.4 is 15.4 Å². The first-order valence-corrected chi connectivity index (χ1v) is 10.1. The minimum atomic E-state index is 0. The molecule has 0 bridgehead atoms. The lowest BCUT2D eigenvalue weighted by Crippen LogP contribution is -2.45. The van der Waals surface area contributed by atoms with Gasteiger partial charge >= 0.3 is 0 Å². The zero-order valence-corrected chi connectivity index (χ0v) is 19.7. The average molecular weight is 512 g/mol. The zero-order valence-electron chi connectivity index (χ0n) is 17.4. The second-order valence-electron chi connectivity index (χ2n) is 7.07. The molecule has 1 aliphatic heterocycles. The Labute approximate surface area is 191 Å². The summed E-state index contributed by atoms with van der Waals surface area (Å²) in [5.41, 5.74) is 1.31. The van der Waals surface area contributed by atoms with Crippen molar-refractivity contribution < 1.29 is 4.74 Å². The Bertz CT molecular complexity index is 713. The highest BCUT2D eigenvalue weighted by molar-refractivity contribution is 14.0. The van der Waals surface area contributed by atoms with E-state index in [2.05, 4.69) is 37.6 Å². The first kappa shape index (κ1) is 23.5. The monoisotopic (exact) mass is 512 g/mol. The molecule has 0 radical (unpaired) electrons. The van der Waals surface area contributed by atoms with Crippen LogP contribution in [0.5, 0.6) is 5.75 Å². The number of ether oxygens (including phenoxy) is 1. The summed E-state index contributed by atoms with van der Waals surface area (Å²) in [6, 6.07) is 8.76. The predicted octanol–water partition coefficient (Wildman–Crippen LogP) is 2.90. The van der Waals surface area contributed by atoms with Crippen molar-refractivity contribution in [3.05, 3.63) is 48.5 Å². The molecule has 1 aromatic heterocycles. The summed E-state index contributed by atoms with van der Waals surface area (Å²) >= 11 is 0. The summed E-state index contributed by atoms with van der Waals surface area (Å²) in [5.74, 6) is 1.72. The van der Waals surface area contributed by atoms with Crippen LogP contribution in [0.2, 0.25) is 0 Å². The molecule has 29 heavy (non-hydrogen) atoms. The molecule has 2 heterocycles. The van der Waals surface area contributed by atoms with Gasteiger partial charge in [-0.3, -0.25) is 9.89 Å². The van der Waals surface area contributed by atoms with Crippen molar-refractivity contribution in [3.63, 3.8) is 0 Å². The number of imidazole rings is 1. The standard InChI is InChI=1S/C21H32N6O.HI/c1-22-21(24-11-15-26-14-10-23-17-26)25-16-20(27-12-4-3-5-13-27)18-6-8-19(28-2)9-7-18;/h6-10,14,17,20H,3-5,11-13,15-16H2,1-2H3,(H2,22,24,25);1H. The van der Waals surface area contributed by atoms with Crippen LogP contribution in [0.15, 0.2) is 48.0 Å². The second kappa shape index (κ2) is 12.7. The van der Waals surface area contributed by atoms with Crippen molar-refractivity contribution in [1.82, 2.24) is 25.1 Å². The zero-order chi connectivity index (χ0) is 19.6. The second-order valence-corrected chi connectivity index (χ2v) is 7.07. The third-order valence-corrected chi connectivity index (χ3v) is 5.24. The van der Waals surface area contributed by atoms with Gasteiger partial charge in [0.15, 0.2) is 5.96 Å². The predicted molar refractivity (Wildman–Crippen MR) is 128 cm³/mol. The van der Waals surface area contributed by atoms with Gasteiger partial charge < -0.3 is 19.9 Å². The molecule has 0 amide bonds. The third kappa shape index (κ3) is 7.18. The van der Waals surface area contributed by atoms with Gasteiger partial charge in [-0.25, -0.2) is 4.98 Å². The topological polar surface area (TPSA) is 66.7 Å². The quantitative estimate of drug-likeness (QED) is 0.324. The molecular formula is C21H33IN6O. The number of piperidine rings is 1. The molecule has 8 heteroatoms. The van der Waals surface area contributed by atoms with E-state index in [9.17, 15) is 0 Å². The largest absolute Gasteiger partial charge is 0.497 e. The number of aliphatic imine (C=N–C) groups is 1. The average Bonchev–Trinajstić information content (AvgIpc) is 3.27. The molecule has 0 saturated carbocycles. The first-order valence-electron chi connectivity index (χ1n) is 10.1. The minimum absolute atomic E-state index is 0. The fourth-order valence-corrected chi connectivity index (χ4v) is 3.65. The molecule has 0 spiro atoms. The molecule has 7 nitrogen and oxygen atoms in total. The van der Waals surface area contributed by atoms with Crippen molar-refractivity contribution in [2.45, 2.75) is 31.8 Å². The van der Waals surface area contributed by atoms with Crippen molar-refractivity contribution in [1.29, 1.82) is 0 Å². The number of hydrogen-bond acceptors (Lipinski definition) is 4. The molecule has 3 rings (SSSR count). The van der Waals surface area contributed by atoms with E-state index in [1.807, 2.05) is 36.3 Å². The van der Waals surface area contributed by atoms with Crippen molar-refractivity contribution in [2.75, 3.05) is 40.3 Å². The molecule has 1 fully saturated rings. The molecular weight excluding hydrogens is 479 g/mol. The fraction of sp³-hybridized carbons (Fsp3) is 0.524. The van der Waals surface area contributed by atoms with Crippen LogP contribution in [-0.2, 0) is 6.54 Å². The number of benzene rings is 1. The lowest BCUT2D eigenvalue weighted by Gasteiger charge is -2.35. The molecule has 1 aromatic carbocycles. The number of nitrogens with one attached hydrogen (secondary N) is 2. The fourth-order valence-electron chi connectivity index (χ4n) is 3.65. The smallest absolute Gasteiger partial charge is 0.191 e. The van der Waals surface area contributed by atoms with E-state index >= 15 is 0 Å². The van der Waals surface area contributed by atoms with Crippen molar-refractivity contribution in [3.8, 4) is 5.75 Å². The molecule has 2 aromatic rings. The normalized spacial score (nSPS) is 16.0. The van der Waals surface area contributed by atoms with Gasteiger partial charge in [0.1, 0.15) is 5.75 Å². The highest BCUT2D eigenvalue weighted by Gasteiger charge is 2.22. The van der Waals surface area contributed by atoms with Crippen LogP contribution in [0.3, 0.4) is 0 Å². The van der Waals surface area contributed by atoms with E-state index in [1.165, 1.54) is 24.8 Å². The number of hydrogen-bond donors (Lipinski definition) is 2. The van der Waals surface area contributed by atoms with E-state index in [4.69, 9.17) is 4.74 Å². The maximum atomic E-state index is 5.32. The number of nitrogens with zero attached hydrogens (tertiary/aromatic N) is 4. The van der Waals surface area contributed by atoms with Crippen LogP contribution >= 0.6 is 24.0 Å².